The zero-order chi connectivity index (χ0) is 19.4. The van der Waals surface area contributed by atoms with E-state index in [4.69, 9.17) is 0 Å². The van der Waals surface area contributed by atoms with Crippen molar-refractivity contribution in [3.63, 3.8) is 0 Å². The normalized spacial score (nSPS) is 12.2. The lowest BCUT2D eigenvalue weighted by Gasteiger charge is -2.20. The predicted molar refractivity (Wildman–Crippen MR) is 94.6 cm³/mol. The smallest absolute Gasteiger partial charge is 0.387 e. The molecule has 0 fully saturated rings. The number of alkyl halides is 2. The van der Waals surface area contributed by atoms with E-state index in [9.17, 15) is 13.6 Å². The van der Waals surface area contributed by atoms with Crippen molar-refractivity contribution in [1.82, 2.24) is 25.3 Å². The maximum absolute atomic E-state index is 12.4. The SMILES string of the molecule is C[C@H](NC(=O)CN(C)c1ncnc2nc[nH]c12)c1ccc(OC(F)F)cc1. The summed E-state index contributed by atoms with van der Waals surface area (Å²) in [5.41, 5.74) is 1.94. The fourth-order valence-corrected chi connectivity index (χ4v) is 2.64. The van der Waals surface area contributed by atoms with E-state index in [1.54, 1.807) is 31.0 Å². The highest BCUT2D eigenvalue weighted by atomic mass is 19.3. The van der Waals surface area contributed by atoms with E-state index in [0.717, 1.165) is 5.56 Å². The molecular formula is C17H18F2N6O2. The average molecular weight is 376 g/mol. The van der Waals surface area contributed by atoms with Crippen molar-refractivity contribution in [2.24, 2.45) is 0 Å². The summed E-state index contributed by atoms with van der Waals surface area (Å²) in [5.74, 6) is 0.414. The van der Waals surface area contributed by atoms with Crippen molar-refractivity contribution in [2.45, 2.75) is 19.6 Å². The lowest BCUT2D eigenvalue weighted by atomic mass is 10.1. The molecule has 0 aliphatic heterocycles. The van der Waals surface area contributed by atoms with Crippen LogP contribution in [-0.2, 0) is 4.79 Å². The van der Waals surface area contributed by atoms with Gasteiger partial charge < -0.3 is 19.9 Å². The average Bonchev–Trinajstić information content (AvgIpc) is 3.10. The summed E-state index contributed by atoms with van der Waals surface area (Å²) < 4.78 is 28.7. The molecule has 2 N–H and O–H groups in total. The molecule has 1 amide bonds. The number of halogens is 2. The summed E-state index contributed by atoms with van der Waals surface area (Å²) in [5, 5.41) is 2.86. The Balaban J connectivity index is 1.60. The molecule has 0 spiro atoms. The van der Waals surface area contributed by atoms with Crippen LogP contribution in [0.4, 0.5) is 14.6 Å². The summed E-state index contributed by atoms with van der Waals surface area (Å²) in [6.45, 7) is -0.993. The summed E-state index contributed by atoms with van der Waals surface area (Å²) in [6, 6.07) is 5.83. The highest BCUT2D eigenvalue weighted by Crippen LogP contribution is 2.20. The van der Waals surface area contributed by atoms with E-state index in [1.807, 2.05) is 0 Å². The van der Waals surface area contributed by atoms with Crippen molar-refractivity contribution < 1.29 is 18.3 Å². The molecule has 8 nitrogen and oxygen atoms in total. The third kappa shape index (κ3) is 4.46. The second-order valence-electron chi connectivity index (χ2n) is 5.89. The number of nitrogens with one attached hydrogen (secondary N) is 2. The molecule has 0 radical (unpaired) electrons. The number of H-pyrrole nitrogens is 1. The summed E-state index contributed by atoms with van der Waals surface area (Å²) >= 11 is 0. The number of imidazole rings is 1. The number of hydrogen-bond acceptors (Lipinski definition) is 6. The number of carbonyl (C=O) groups excluding carboxylic acids is 1. The number of rotatable bonds is 7. The second-order valence-corrected chi connectivity index (χ2v) is 5.89. The molecule has 10 heteroatoms. The lowest BCUT2D eigenvalue weighted by Crippen LogP contribution is -2.36. The first-order valence-corrected chi connectivity index (χ1v) is 8.13. The van der Waals surface area contributed by atoms with Crippen LogP contribution in [0, 0.1) is 0 Å². The Labute approximate surface area is 153 Å². The molecular weight excluding hydrogens is 358 g/mol. The minimum absolute atomic E-state index is 0.0688. The molecule has 27 heavy (non-hydrogen) atoms. The molecule has 2 heterocycles. The van der Waals surface area contributed by atoms with Crippen LogP contribution in [0.25, 0.3) is 11.2 Å². The number of hydrogen-bond donors (Lipinski definition) is 2. The van der Waals surface area contributed by atoms with Gasteiger partial charge in [0.25, 0.3) is 0 Å². The maximum Gasteiger partial charge on any atom is 0.387 e. The van der Waals surface area contributed by atoms with Gasteiger partial charge >= 0.3 is 6.61 Å². The molecule has 3 aromatic rings. The zero-order valence-corrected chi connectivity index (χ0v) is 14.7. The largest absolute Gasteiger partial charge is 0.435 e. The van der Waals surface area contributed by atoms with Crippen LogP contribution in [-0.4, -0.2) is 46.0 Å². The molecule has 3 rings (SSSR count). The predicted octanol–water partition coefficient (Wildman–Crippen LogP) is 2.27. The molecule has 2 aromatic heterocycles. The van der Waals surface area contributed by atoms with E-state index < -0.39 is 6.61 Å². The summed E-state index contributed by atoms with van der Waals surface area (Å²) in [4.78, 5) is 29.3. The molecule has 0 saturated carbocycles. The van der Waals surface area contributed by atoms with E-state index >= 15 is 0 Å². The Morgan fingerprint density at radius 1 is 1.26 bits per heavy atom. The van der Waals surface area contributed by atoms with Crippen molar-refractivity contribution in [2.75, 3.05) is 18.5 Å². The Bertz CT molecular complexity index is 915. The number of amides is 1. The van der Waals surface area contributed by atoms with Crippen LogP contribution in [0.2, 0.25) is 0 Å². The van der Waals surface area contributed by atoms with E-state index in [2.05, 4.69) is 30.0 Å². The molecule has 0 aliphatic carbocycles. The van der Waals surface area contributed by atoms with Crippen LogP contribution < -0.4 is 15.0 Å². The lowest BCUT2D eigenvalue weighted by molar-refractivity contribution is -0.120. The number of nitrogens with zero attached hydrogens (tertiary/aromatic N) is 4. The quantitative estimate of drug-likeness (QED) is 0.657. The second kappa shape index (κ2) is 7.94. The molecule has 0 bridgehead atoms. The number of aromatic nitrogens is 4. The fourth-order valence-electron chi connectivity index (χ4n) is 2.64. The van der Waals surface area contributed by atoms with Gasteiger partial charge in [-0.15, -0.1) is 0 Å². The first kappa shape index (κ1) is 18.5. The maximum atomic E-state index is 12.4. The van der Waals surface area contributed by atoms with Crippen molar-refractivity contribution in [1.29, 1.82) is 0 Å². The van der Waals surface area contributed by atoms with E-state index in [0.29, 0.717) is 17.0 Å². The molecule has 0 saturated heterocycles. The summed E-state index contributed by atoms with van der Waals surface area (Å²) in [7, 11) is 1.74. The standard InChI is InChI=1S/C17H18F2N6O2/c1-10(11-3-5-12(6-4-11)27-17(18)19)24-13(26)7-25(2)16-14-15(21-8-20-14)22-9-23-16/h3-6,8-10,17H,7H2,1-2H3,(H,24,26)(H,20,21,22,23)/t10-/m0/s1. The third-order valence-electron chi connectivity index (χ3n) is 3.93. The highest BCUT2D eigenvalue weighted by molar-refractivity contribution is 5.87. The van der Waals surface area contributed by atoms with E-state index in [1.165, 1.54) is 24.8 Å². The van der Waals surface area contributed by atoms with Crippen molar-refractivity contribution in [3.05, 3.63) is 42.5 Å². The van der Waals surface area contributed by atoms with E-state index in [-0.39, 0.29) is 24.2 Å². The first-order valence-electron chi connectivity index (χ1n) is 8.13. The molecule has 1 atom stereocenters. The van der Waals surface area contributed by atoms with Gasteiger partial charge in [-0.1, -0.05) is 12.1 Å². The zero-order valence-electron chi connectivity index (χ0n) is 14.7. The Morgan fingerprint density at radius 3 is 2.70 bits per heavy atom. The topological polar surface area (TPSA) is 96.0 Å². The monoisotopic (exact) mass is 376 g/mol. The number of ether oxygens (including phenoxy) is 1. The number of aromatic amines is 1. The van der Waals surface area contributed by atoms with Crippen LogP contribution in [0.5, 0.6) is 5.75 Å². The number of carbonyl (C=O) groups is 1. The van der Waals surface area contributed by atoms with Gasteiger partial charge in [0.2, 0.25) is 5.91 Å². The van der Waals surface area contributed by atoms with Gasteiger partial charge in [0.05, 0.1) is 18.9 Å². The third-order valence-corrected chi connectivity index (χ3v) is 3.93. The van der Waals surface area contributed by atoms with Gasteiger partial charge in [-0.2, -0.15) is 8.78 Å². The van der Waals surface area contributed by atoms with Crippen molar-refractivity contribution >= 4 is 22.9 Å². The number of anilines is 1. The molecule has 142 valence electrons. The first-order chi connectivity index (χ1) is 12.9. The van der Waals surface area contributed by atoms with Gasteiger partial charge in [0.1, 0.15) is 17.6 Å². The number of likely N-dealkylation sites (N-methyl/N-ethyl adjacent to an activating group) is 1. The van der Waals surface area contributed by atoms with Gasteiger partial charge in [0, 0.05) is 7.05 Å². The van der Waals surface area contributed by atoms with Gasteiger partial charge in [-0.25, -0.2) is 15.0 Å². The van der Waals surface area contributed by atoms with Crippen LogP contribution in [0.15, 0.2) is 36.9 Å². The Morgan fingerprint density at radius 2 is 2.00 bits per heavy atom. The van der Waals surface area contributed by atoms with Crippen LogP contribution in [0.3, 0.4) is 0 Å². The summed E-state index contributed by atoms with van der Waals surface area (Å²) in [6.07, 6.45) is 2.90. The number of fused-ring (bicyclic) bond motifs is 1. The van der Waals surface area contributed by atoms with Crippen molar-refractivity contribution in [3.8, 4) is 5.75 Å². The molecule has 1 aromatic carbocycles. The minimum Gasteiger partial charge on any atom is -0.435 e. The fraction of sp³-hybridized carbons (Fsp3) is 0.294. The molecule has 0 aliphatic rings. The van der Waals surface area contributed by atoms with Gasteiger partial charge in [-0.05, 0) is 24.6 Å². The molecule has 0 unspecified atom stereocenters. The minimum atomic E-state index is -2.87. The van der Waals surface area contributed by atoms with Crippen LogP contribution >= 0.6 is 0 Å². The Hall–Kier alpha value is -3.30. The Kier molecular flexibility index (Phi) is 5.43. The highest BCUT2D eigenvalue weighted by Gasteiger charge is 2.16. The van der Waals surface area contributed by atoms with Gasteiger partial charge in [-0.3, -0.25) is 4.79 Å². The van der Waals surface area contributed by atoms with Crippen LogP contribution in [0.1, 0.15) is 18.5 Å². The number of benzene rings is 1. The van der Waals surface area contributed by atoms with Gasteiger partial charge in [0.15, 0.2) is 11.5 Å².